The molecule has 27 heavy (non-hydrogen) atoms. The third-order valence-corrected chi connectivity index (χ3v) is 5.43. The third-order valence-electron chi connectivity index (χ3n) is 5.43. The number of amides is 2. The first-order chi connectivity index (χ1) is 13.1. The minimum Gasteiger partial charge on any atom is -0.497 e. The van der Waals surface area contributed by atoms with Crippen molar-refractivity contribution in [3.8, 4) is 5.75 Å². The normalized spacial score (nSPS) is 16.8. The number of rotatable bonds is 4. The lowest BCUT2D eigenvalue weighted by molar-refractivity contribution is 0.257. The molecule has 144 valence electrons. The number of carbonyl (C=O) groups is 1. The van der Waals surface area contributed by atoms with Crippen LogP contribution < -0.4 is 15.0 Å². The number of anilines is 2. The van der Waals surface area contributed by atoms with Crippen LogP contribution >= 0.6 is 0 Å². The van der Waals surface area contributed by atoms with E-state index < -0.39 is 0 Å². The molecule has 1 aromatic carbocycles. The monoisotopic (exact) mass is 368 g/mol. The zero-order valence-electron chi connectivity index (χ0n) is 16.4. The number of methoxy groups -OCH3 is 1. The molecule has 0 radical (unpaired) electrons. The number of hydrogen-bond acceptors (Lipinski definition) is 3. The lowest BCUT2D eigenvalue weighted by Gasteiger charge is -2.24. The van der Waals surface area contributed by atoms with Gasteiger partial charge < -0.3 is 10.1 Å². The van der Waals surface area contributed by atoms with E-state index in [1.165, 1.54) is 24.1 Å². The van der Waals surface area contributed by atoms with E-state index in [-0.39, 0.29) is 12.1 Å². The molecule has 1 aliphatic carbocycles. The van der Waals surface area contributed by atoms with Crippen molar-refractivity contribution < 1.29 is 9.53 Å². The summed E-state index contributed by atoms with van der Waals surface area (Å²) in [7, 11) is 1.68. The van der Waals surface area contributed by atoms with Gasteiger partial charge in [-0.25, -0.2) is 4.79 Å². The second-order valence-corrected chi connectivity index (χ2v) is 7.79. The van der Waals surface area contributed by atoms with Gasteiger partial charge in [-0.15, -0.1) is 0 Å². The van der Waals surface area contributed by atoms with Gasteiger partial charge in [0.15, 0.2) is 0 Å². The predicted octanol–water partition coefficient (Wildman–Crippen LogP) is 4.72. The molecule has 1 saturated carbocycles. The molecule has 0 saturated heterocycles. The molecular formula is C21H28N4O2. The summed E-state index contributed by atoms with van der Waals surface area (Å²) in [6.07, 6.45) is 7.18. The molecule has 2 aliphatic rings. The summed E-state index contributed by atoms with van der Waals surface area (Å²) >= 11 is 0. The van der Waals surface area contributed by atoms with Gasteiger partial charge >= 0.3 is 6.03 Å². The molecule has 0 spiro atoms. The highest BCUT2D eigenvalue weighted by molar-refractivity contribution is 6.02. The predicted molar refractivity (Wildman–Crippen MR) is 107 cm³/mol. The van der Waals surface area contributed by atoms with E-state index >= 15 is 0 Å². The second kappa shape index (κ2) is 7.25. The number of aromatic nitrogens is 2. The maximum atomic E-state index is 13.2. The average Bonchev–Trinajstić information content (AvgIpc) is 3.44. The minimum atomic E-state index is -0.0754. The molecule has 1 fully saturated rings. The number of urea groups is 1. The van der Waals surface area contributed by atoms with Gasteiger partial charge in [-0.1, -0.05) is 0 Å². The Morgan fingerprint density at radius 3 is 2.81 bits per heavy atom. The fourth-order valence-corrected chi connectivity index (χ4v) is 3.90. The summed E-state index contributed by atoms with van der Waals surface area (Å²) < 4.78 is 7.41. The Hall–Kier alpha value is -2.50. The molecule has 1 aliphatic heterocycles. The van der Waals surface area contributed by atoms with E-state index in [0.717, 1.165) is 42.9 Å². The molecular weight excluding hydrogens is 340 g/mol. The van der Waals surface area contributed by atoms with E-state index in [1.54, 1.807) is 13.3 Å². The van der Waals surface area contributed by atoms with Crippen molar-refractivity contribution in [3.05, 3.63) is 35.7 Å². The van der Waals surface area contributed by atoms with Gasteiger partial charge in [0.2, 0.25) is 0 Å². The molecule has 0 unspecified atom stereocenters. The smallest absolute Gasteiger partial charge is 0.326 e. The summed E-state index contributed by atoms with van der Waals surface area (Å²) in [5.41, 5.74) is 4.18. The van der Waals surface area contributed by atoms with Crippen molar-refractivity contribution in [2.75, 3.05) is 23.9 Å². The Morgan fingerprint density at radius 2 is 2.11 bits per heavy atom. The standard InChI is InChI=1S/C21H28N4O2/c1-14(2)25-20(15-7-8-15)18(13-22-25)23-21(26)24-11-5-4-6-16-12-17(27-3)9-10-19(16)24/h9-10,12-15H,4-8,11H2,1-3H3,(H,23,26). The molecule has 1 aromatic heterocycles. The fourth-order valence-electron chi connectivity index (χ4n) is 3.90. The lowest BCUT2D eigenvalue weighted by atomic mass is 10.1. The van der Waals surface area contributed by atoms with E-state index in [1.807, 2.05) is 23.1 Å². The molecule has 2 heterocycles. The van der Waals surface area contributed by atoms with Gasteiger partial charge in [-0.05, 0) is 69.7 Å². The molecule has 2 amide bonds. The number of nitrogens with zero attached hydrogens (tertiary/aromatic N) is 3. The van der Waals surface area contributed by atoms with Gasteiger partial charge in [0.05, 0.1) is 24.7 Å². The number of carbonyl (C=O) groups excluding carboxylic acids is 1. The van der Waals surface area contributed by atoms with E-state index in [9.17, 15) is 4.79 Å². The van der Waals surface area contributed by atoms with E-state index in [2.05, 4.69) is 28.9 Å². The first-order valence-electron chi connectivity index (χ1n) is 9.91. The molecule has 0 atom stereocenters. The van der Waals surface area contributed by atoms with Gasteiger partial charge in [0, 0.05) is 24.2 Å². The minimum absolute atomic E-state index is 0.0754. The quantitative estimate of drug-likeness (QED) is 0.849. The SMILES string of the molecule is COc1ccc2c(c1)CCCCN2C(=O)Nc1cnn(C(C)C)c1C1CC1. The highest BCUT2D eigenvalue weighted by Crippen LogP contribution is 2.44. The van der Waals surface area contributed by atoms with Crippen molar-refractivity contribution in [2.45, 2.75) is 57.9 Å². The zero-order valence-corrected chi connectivity index (χ0v) is 16.4. The maximum Gasteiger partial charge on any atom is 0.326 e. The van der Waals surface area contributed by atoms with E-state index in [0.29, 0.717) is 5.92 Å². The van der Waals surface area contributed by atoms with Crippen LogP contribution in [-0.2, 0) is 6.42 Å². The number of fused-ring (bicyclic) bond motifs is 1. The van der Waals surface area contributed by atoms with Crippen LogP contribution in [0, 0.1) is 0 Å². The summed E-state index contributed by atoms with van der Waals surface area (Å²) in [5, 5.41) is 7.67. The number of ether oxygens (including phenoxy) is 1. The Labute approximate surface area is 160 Å². The van der Waals surface area contributed by atoms with Crippen LogP contribution in [0.25, 0.3) is 0 Å². The van der Waals surface area contributed by atoms with Crippen LogP contribution in [0.5, 0.6) is 5.75 Å². The Morgan fingerprint density at radius 1 is 1.30 bits per heavy atom. The Kier molecular flexibility index (Phi) is 4.81. The van der Waals surface area contributed by atoms with Crippen molar-refractivity contribution in [2.24, 2.45) is 0 Å². The molecule has 4 rings (SSSR count). The highest BCUT2D eigenvalue weighted by atomic mass is 16.5. The van der Waals surface area contributed by atoms with Crippen molar-refractivity contribution in [3.63, 3.8) is 0 Å². The van der Waals surface area contributed by atoms with Crippen molar-refractivity contribution >= 4 is 17.4 Å². The lowest BCUT2D eigenvalue weighted by Crippen LogP contribution is -2.35. The largest absolute Gasteiger partial charge is 0.497 e. The molecule has 1 N–H and O–H groups in total. The zero-order chi connectivity index (χ0) is 19.0. The molecule has 6 nitrogen and oxygen atoms in total. The Bertz CT molecular complexity index is 839. The van der Waals surface area contributed by atoms with Gasteiger partial charge in [-0.2, -0.15) is 5.10 Å². The average molecular weight is 368 g/mol. The number of nitrogens with one attached hydrogen (secondary N) is 1. The third kappa shape index (κ3) is 3.53. The molecule has 6 heteroatoms. The fraction of sp³-hybridized carbons (Fsp3) is 0.524. The summed E-state index contributed by atoms with van der Waals surface area (Å²) in [6, 6.07) is 6.19. The summed E-state index contributed by atoms with van der Waals surface area (Å²) in [4.78, 5) is 15.0. The van der Waals surface area contributed by atoms with Crippen LogP contribution in [0.4, 0.5) is 16.2 Å². The molecule has 0 bridgehead atoms. The first kappa shape index (κ1) is 17.9. The van der Waals surface area contributed by atoms with Crippen LogP contribution in [0.15, 0.2) is 24.4 Å². The Balaban J connectivity index is 1.61. The van der Waals surface area contributed by atoms with Crippen LogP contribution in [0.2, 0.25) is 0 Å². The van der Waals surface area contributed by atoms with Gasteiger partial charge in [-0.3, -0.25) is 9.58 Å². The van der Waals surface area contributed by atoms with E-state index in [4.69, 9.17) is 4.74 Å². The topological polar surface area (TPSA) is 59.4 Å². The van der Waals surface area contributed by atoms with Crippen LogP contribution in [0.1, 0.15) is 62.7 Å². The number of benzene rings is 1. The van der Waals surface area contributed by atoms with Crippen LogP contribution in [-0.4, -0.2) is 29.5 Å². The second-order valence-electron chi connectivity index (χ2n) is 7.79. The maximum absolute atomic E-state index is 13.2. The van der Waals surface area contributed by atoms with Crippen LogP contribution in [0.3, 0.4) is 0 Å². The van der Waals surface area contributed by atoms with Crippen molar-refractivity contribution in [1.82, 2.24) is 9.78 Å². The number of aryl methyl sites for hydroxylation is 1. The molecule has 2 aromatic rings. The first-order valence-corrected chi connectivity index (χ1v) is 9.91. The van der Waals surface area contributed by atoms with Crippen molar-refractivity contribution in [1.29, 1.82) is 0 Å². The van der Waals surface area contributed by atoms with Gasteiger partial charge in [0.1, 0.15) is 5.75 Å². The number of hydrogen-bond donors (Lipinski definition) is 1. The van der Waals surface area contributed by atoms with Gasteiger partial charge in [0.25, 0.3) is 0 Å². The summed E-state index contributed by atoms with van der Waals surface area (Å²) in [5.74, 6) is 1.36. The summed E-state index contributed by atoms with van der Waals surface area (Å²) in [6.45, 7) is 4.98. The highest BCUT2D eigenvalue weighted by Gasteiger charge is 2.32.